The Balaban J connectivity index is 3.49. The highest BCUT2D eigenvalue weighted by Crippen LogP contribution is 2.32. The Labute approximate surface area is 116 Å². The molecule has 0 saturated carbocycles. The zero-order valence-electron chi connectivity index (χ0n) is 12.4. The van der Waals surface area contributed by atoms with Crippen molar-refractivity contribution in [1.29, 1.82) is 0 Å². The molecule has 0 saturated heterocycles. The Morgan fingerprint density at radius 1 is 1.47 bits per heavy atom. The average Bonchev–Trinajstić information content (AvgIpc) is 2.44. The van der Waals surface area contributed by atoms with Gasteiger partial charge in [-0.15, -0.1) is 6.42 Å². The van der Waals surface area contributed by atoms with Gasteiger partial charge in [0.15, 0.2) is 0 Å². The van der Waals surface area contributed by atoms with Crippen molar-refractivity contribution in [3.8, 4) is 12.3 Å². The highest BCUT2D eigenvalue weighted by molar-refractivity contribution is 5.68. The van der Waals surface area contributed by atoms with Crippen molar-refractivity contribution in [2.45, 2.75) is 40.0 Å². The summed E-state index contributed by atoms with van der Waals surface area (Å²) in [4.78, 5) is 12.7. The lowest BCUT2D eigenvalue weighted by Crippen LogP contribution is -2.17. The minimum atomic E-state index is 0.393. The van der Waals surface area contributed by atoms with E-state index in [0.717, 1.165) is 23.2 Å². The van der Waals surface area contributed by atoms with E-state index in [1.165, 1.54) is 5.56 Å². The average molecular weight is 255 g/mol. The van der Waals surface area contributed by atoms with Gasteiger partial charge in [-0.2, -0.15) is 0 Å². The van der Waals surface area contributed by atoms with Crippen LogP contribution in [-0.2, 0) is 4.79 Å². The lowest BCUT2D eigenvalue weighted by molar-refractivity contribution is 0.566. The molecular weight excluding hydrogens is 234 g/mol. The molecule has 1 unspecified atom stereocenters. The third-order valence-corrected chi connectivity index (χ3v) is 3.68. The van der Waals surface area contributed by atoms with Crippen LogP contribution in [0.1, 0.15) is 49.8 Å². The number of aryl methyl sites for hydroxylation is 1. The highest BCUT2D eigenvalue weighted by Gasteiger charge is 2.16. The molecule has 0 amide bonds. The molecule has 2 heteroatoms. The van der Waals surface area contributed by atoms with Crippen molar-refractivity contribution < 1.29 is 4.79 Å². The van der Waals surface area contributed by atoms with E-state index in [1.807, 2.05) is 24.8 Å². The molecule has 1 atom stereocenters. The molecule has 0 fully saturated rings. The summed E-state index contributed by atoms with van der Waals surface area (Å²) in [5, 5.41) is 0. The molecule has 0 bridgehead atoms. The number of hydrogen-bond donors (Lipinski definition) is 0. The van der Waals surface area contributed by atoms with Gasteiger partial charge in [0.25, 0.3) is 0 Å². The van der Waals surface area contributed by atoms with E-state index < -0.39 is 0 Å². The summed E-state index contributed by atoms with van der Waals surface area (Å²) >= 11 is 0. The topological polar surface area (TPSA) is 20.3 Å². The van der Waals surface area contributed by atoms with Crippen molar-refractivity contribution >= 4 is 11.6 Å². The first-order valence-corrected chi connectivity index (χ1v) is 6.52. The third kappa shape index (κ3) is 3.08. The Morgan fingerprint density at radius 3 is 2.58 bits per heavy atom. The molecule has 0 aliphatic carbocycles. The molecule has 0 heterocycles. The van der Waals surface area contributed by atoms with Crippen molar-refractivity contribution in [1.82, 2.24) is 0 Å². The zero-order chi connectivity index (χ0) is 14.6. The van der Waals surface area contributed by atoms with Gasteiger partial charge in [0.05, 0.1) is 5.70 Å². The molecule has 0 aromatic heterocycles. The van der Waals surface area contributed by atoms with Gasteiger partial charge in [0.2, 0.25) is 0 Å². The van der Waals surface area contributed by atoms with Crippen LogP contribution in [0, 0.1) is 19.3 Å². The first kappa shape index (κ1) is 15.1. The molecule has 1 aromatic carbocycles. The second-order valence-electron chi connectivity index (χ2n) is 4.93. The number of benzene rings is 1. The van der Waals surface area contributed by atoms with Crippen LogP contribution in [0.2, 0.25) is 0 Å². The maximum Gasteiger partial charge on any atom is 0.145 e. The molecule has 1 aromatic rings. The summed E-state index contributed by atoms with van der Waals surface area (Å²) in [7, 11) is 1.89. The molecule has 0 aliphatic heterocycles. The van der Waals surface area contributed by atoms with Crippen LogP contribution in [0.3, 0.4) is 0 Å². The van der Waals surface area contributed by atoms with Crippen LogP contribution in [-0.4, -0.2) is 13.0 Å². The predicted molar refractivity (Wildman–Crippen MR) is 81.1 cm³/mol. The Hall–Kier alpha value is -1.97. The Bertz CT molecular complexity index is 559. The highest BCUT2D eigenvalue weighted by atomic mass is 16.1. The summed E-state index contributed by atoms with van der Waals surface area (Å²) in [5.74, 6) is 5.06. The van der Waals surface area contributed by atoms with Gasteiger partial charge in [-0.25, -0.2) is 4.79 Å². The fourth-order valence-corrected chi connectivity index (χ4v) is 2.02. The van der Waals surface area contributed by atoms with Crippen LogP contribution in [0.5, 0.6) is 0 Å². The minimum absolute atomic E-state index is 0.393. The number of rotatable bonds is 4. The summed E-state index contributed by atoms with van der Waals surface area (Å²) in [6.45, 7) is 8.07. The van der Waals surface area contributed by atoms with E-state index in [-0.39, 0.29) is 0 Å². The quantitative estimate of drug-likeness (QED) is 0.604. The van der Waals surface area contributed by atoms with Crippen LogP contribution >= 0.6 is 0 Å². The van der Waals surface area contributed by atoms with Crippen molar-refractivity contribution in [3.05, 3.63) is 34.5 Å². The van der Waals surface area contributed by atoms with Crippen molar-refractivity contribution in [2.24, 2.45) is 0 Å². The zero-order valence-corrected chi connectivity index (χ0v) is 12.4. The second-order valence-corrected chi connectivity index (χ2v) is 4.93. The standard InChI is InChI=1S/C17H21NO/c1-7-12(3)16-10-15(8-2)13(4)9-17(16)18(6)14(5)11-19/h2,9-10,12H,7H2,1,3-6H3. The predicted octanol–water partition coefficient (Wildman–Crippen LogP) is 3.66. The largest absolute Gasteiger partial charge is 0.339 e. The van der Waals surface area contributed by atoms with Crippen molar-refractivity contribution in [2.75, 3.05) is 11.9 Å². The summed E-state index contributed by atoms with van der Waals surface area (Å²) in [6.07, 6.45) is 6.57. The van der Waals surface area contributed by atoms with Crippen molar-refractivity contribution in [3.63, 3.8) is 0 Å². The smallest absolute Gasteiger partial charge is 0.145 e. The van der Waals surface area contributed by atoms with Gasteiger partial charge in [-0.05, 0) is 49.4 Å². The maximum absolute atomic E-state index is 10.8. The fraction of sp³-hybridized carbons (Fsp3) is 0.412. The van der Waals surface area contributed by atoms with E-state index in [1.54, 1.807) is 6.92 Å². The van der Waals surface area contributed by atoms with E-state index in [2.05, 4.69) is 31.9 Å². The fourth-order valence-electron chi connectivity index (χ4n) is 2.02. The second kappa shape index (κ2) is 6.27. The van der Waals surface area contributed by atoms with Gasteiger partial charge in [0.1, 0.15) is 5.94 Å². The van der Waals surface area contributed by atoms with Gasteiger partial charge in [0, 0.05) is 18.3 Å². The monoisotopic (exact) mass is 255 g/mol. The lowest BCUT2D eigenvalue weighted by atomic mass is 9.92. The normalized spacial score (nSPS) is 11.4. The van der Waals surface area contributed by atoms with Gasteiger partial charge in [-0.3, -0.25) is 0 Å². The van der Waals surface area contributed by atoms with E-state index in [0.29, 0.717) is 11.6 Å². The van der Waals surface area contributed by atoms with E-state index in [9.17, 15) is 4.79 Å². The van der Waals surface area contributed by atoms with E-state index in [4.69, 9.17) is 6.42 Å². The molecule has 0 aliphatic rings. The number of allylic oxidation sites excluding steroid dienone is 1. The first-order chi connectivity index (χ1) is 8.96. The van der Waals surface area contributed by atoms with Gasteiger partial charge < -0.3 is 4.90 Å². The Morgan fingerprint density at radius 2 is 2.11 bits per heavy atom. The molecule has 1 rings (SSSR count). The number of carbonyl (C=O) groups excluding carboxylic acids is 1. The van der Waals surface area contributed by atoms with Crippen LogP contribution < -0.4 is 4.90 Å². The Kier molecular flexibility index (Phi) is 4.98. The van der Waals surface area contributed by atoms with Gasteiger partial charge >= 0.3 is 0 Å². The lowest BCUT2D eigenvalue weighted by Gasteiger charge is -2.25. The molecule has 19 heavy (non-hydrogen) atoms. The van der Waals surface area contributed by atoms with Crippen LogP contribution in [0.15, 0.2) is 17.8 Å². The number of anilines is 1. The molecule has 0 N–H and O–H groups in total. The number of nitrogens with zero attached hydrogens (tertiary/aromatic N) is 1. The van der Waals surface area contributed by atoms with Crippen LogP contribution in [0.4, 0.5) is 5.69 Å². The minimum Gasteiger partial charge on any atom is -0.339 e. The third-order valence-electron chi connectivity index (χ3n) is 3.68. The van der Waals surface area contributed by atoms with Crippen LogP contribution in [0.25, 0.3) is 0 Å². The summed E-state index contributed by atoms with van der Waals surface area (Å²) in [6, 6.07) is 4.12. The molecule has 0 radical (unpaired) electrons. The molecular formula is C17H21NO. The molecule has 0 spiro atoms. The number of terminal acetylenes is 1. The number of hydrogen-bond acceptors (Lipinski definition) is 2. The SMILES string of the molecule is C#Cc1cc(C(C)CC)c(N(C)C(C)=C=O)cc1C. The van der Waals surface area contributed by atoms with E-state index >= 15 is 0 Å². The summed E-state index contributed by atoms with van der Waals surface area (Å²) < 4.78 is 0. The maximum atomic E-state index is 10.8. The van der Waals surface area contributed by atoms with Gasteiger partial charge in [-0.1, -0.05) is 19.8 Å². The summed E-state index contributed by atoms with van der Waals surface area (Å²) in [5.41, 5.74) is 4.75. The first-order valence-electron chi connectivity index (χ1n) is 6.52. The molecule has 2 nitrogen and oxygen atoms in total. The molecule has 100 valence electrons.